The van der Waals surface area contributed by atoms with Crippen LogP contribution < -0.4 is 4.74 Å². The number of fused-ring (bicyclic) bond motifs is 1. The molecule has 0 saturated carbocycles. The fourth-order valence-corrected chi connectivity index (χ4v) is 2.90. The van der Waals surface area contributed by atoms with E-state index in [0.29, 0.717) is 16.9 Å². The van der Waals surface area contributed by atoms with Gasteiger partial charge in [-0.1, -0.05) is 27.7 Å². The number of aromatic amines is 1. The van der Waals surface area contributed by atoms with Crippen LogP contribution in [0, 0.1) is 6.92 Å². The van der Waals surface area contributed by atoms with Crippen LogP contribution in [0.3, 0.4) is 0 Å². The van der Waals surface area contributed by atoms with Crippen LogP contribution in [0.4, 0.5) is 8.78 Å². The molecule has 0 aliphatic heterocycles. The molecule has 3 rings (SSSR count). The van der Waals surface area contributed by atoms with Crippen LogP contribution in [0.15, 0.2) is 30.5 Å². The van der Waals surface area contributed by atoms with E-state index < -0.39 is 5.92 Å². The van der Waals surface area contributed by atoms with Crippen LogP contribution in [-0.4, -0.2) is 21.1 Å². The van der Waals surface area contributed by atoms with E-state index in [1.165, 1.54) is 12.3 Å². The van der Waals surface area contributed by atoms with E-state index in [1.807, 2.05) is 39.0 Å². The van der Waals surface area contributed by atoms with E-state index in [0.717, 1.165) is 36.6 Å². The van der Waals surface area contributed by atoms with E-state index in [4.69, 9.17) is 4.74 Å². The Morgan fingerprint density at radius 3 is 2.39 bits per heavy atom. The van der Waals surface area contributed by atoms with Crippen LogP contribution in [0.1, 0.15) is 58.7 Å². The summed E-state index contributed by atoms with van der Waals surface area (Å²) in [4.78, 5) is 11.5. The second-order valence-electron chi connectivity index (χ2n) is 6.59. The highest BCUT2D eigenvalue weighted by molar-refractivity contribution is 5.79. The number of H-pyrrole nitrogens is 1. The maximum absolute atomic E-state index is 13.5. The first-order valence-electron chi connectivity index (χ1n) is 9.83. The molecular formula is C22H29F2N3O. The van der Waals surface area contributed by atoms with Crippen molar-refractivity contribution in [2.75, 3.05) is 0 Å². The zero-order valence-electron chi connectivity index (χ0n) is 17.4. The monoisotopic (exact) mass is 389 g/mol. The van der Waals surface area contributed by atoms with Gasteiger partial charge >= 0.3 is 0 Å². The lowest BCUT2D eigenvalue weighted by Crippen LogP contribution is -2.13. The van der Waals surface area contributed by atoms with Gasteiger partial charge in [-0.15, -0.1) is 0 Å². The average molecular weight is 389 g/mol. The van der Waals surface area contributed by atoms with Crippen molar-refractivity contribution in [2.45, 2.75) is 66.4 Å². The molecule has 0 fully saturated rings. The van der Waals surface area contributed by atoms with Crippen LogP contribution >= 0.6 is 0 Å². The second kappa shape index (κ2) is 9.13. The van der Waals surface area contributed by atoms with Gasteiger partial charge in [-0.05, 0) is 49.6 Å². The number of pyridine rings is 1. The Bertz CT molecular complexity index is 912. The van der Waals surface area contributed by atoms with Crippen LogP contribution in [0.25, 0.3) is 22.4 Å². The number of halogens is 2. The van der Waals surface area contributed by atoms with Gasteiger partial charge in [-0.25, -0.2) is 4.98 Å². The van der Waals surface area contributed by atoms with Gasteiger partial charge in [0, 0.05) is 12.5 Å². The van der Waals surface area contributed by atoms with E-state index in [1.54, 1.807) is 0 Å². The van der Waals surface area contributed by atoms with Crippen molar-refractivity contribution < 1.29 is 13.5 Å². The largest absolute Gasteiger partial charge is 0.490 e. The van der Waals surface area contributed by atoms with Gasteiger partial charge in [0.1, 0.15) is 17.3 Å². The summed E-state index contributed by atoms with van der Waals surface area (Å²) in [6, 6.07) is 7.16. The van der Waals surface area contributed by atoms with Crippen molar-refractivity contribution in [1.82, 2.24) is 15.0 Å². The molecule has 0 saturated heterocycles. The van der Waals surface area contributed by atoms with Gasteiger partial charge in [0.2, 0.25) is 0 Å². The van der Waals surface area contributed by atoms with Crippen molar-refractivity contribution in [3.63, 3.8) is 0 Å². The van der Waals surface area contributed by atoms with E-state index in [-0.39, 0.29) is 11.8 Å². The minimum absolute atomic E-state index is 0.201. The molecule has 0 unspecified atom stereocenters. The number of hydrogen-bond acceptors (Lipinski definition) is 3. The normalized spacial score (nSPS) is 11.5. The lowest BCUT2D eigenvalue weighted by atomic mass is 10.1. The number of nitrogens with one attached hydrogen (secondary N) is 1. The zero-order valence-corrected chi connectivity index (χ0v) is 17.4. The third-order valence-electron chi connectivity index (χ3n) is 4.48. The summed E-state index contributed by atoms with van der Waals surface area (Å²) in [5, 5.41) is 0. The van der Waals surface area contributed by atoms with Gasteiger partial charge < -0.3 is 9.72 Å². The molecule has 1 aromatic carbocycles. The first-order chi connectivity index (χ1) is 13.3. The predicted octanol–water partition coefficient (Wildman–Crippen LogP) is 6.64. The third-order valence-corrected chi connectivity index (χ3v) is 4.48. The van der Waals surface area contributed by atoms with Crippen LogP contribution in [-0.2, 0) is 5.92 Å². The Balaban J connectivity index is 0.00000136. The molecule has 0 amide bonds. The van der Waals surface area contributed by atoms with Crippen molar-refractivity contribution in [2.24, 2.45) is 0 Å². The van der Waals surface area contributed by atoms with Crippen molar-refractivity contribution in [3.8, 4) is 17.1 Å². The number of hydrogen-bond donors (Lipinski definition) is 1. The number of aromatic nitrogens is 3. The molecule has 0 aliphatic rings. The van der Waals surface area contributed by atoms with Gasteiger partial charge in [-0.3, -0.25) is 4.98 Å². The lowest BCUT2D eigenvalue weighted by molar-refractivity contribution is 0.0129. The van der Waals surface area contributed by atoms with Crippen LogP contribution in [0.2, 0.25) is 0 Å². The SMILES string of the molecule is CC.CCC(CC)Oc1ccc(-c2nc3cc(C(C)(F)F)ncc3[nH]2)c(C)c1. The molecule has 2 aromatic heterocycles. The average Bonchev–Trinajstić information content (AvgIpc) is 3.10. The first-order valence-corrected chi connectivity index (χ1v) is 9.83. The molecule has 28 heavy (non-hydrogen) atoms. The van der Waals surface area contributed by atoms with E-state index in [2.05, 4.69) is 28.8 Å². The smallest absolute Gasteiger partial charge is 0.287 e. The minimum Gasteiger partial charge on any atom is -0.490 e. The van der Waals surface area contributed by atoms with Gasteiger partial charge in [0.25, 0.3) is 5.92 Å². The molecule has 4 nitrogen and oxygen atoms in total. The molecular weight excluding hydrogens is 360 g/mol. The molecule has 3 aromatic rings. The summed E-state index contributed by atoms with van der Waals surface area (Å²) in [6.07, 6.45) is 3.52. The fourth-order valence-electron chi connectivity index (χ4n) is 2.90. The molecule has 0 atom stereocenters. The van der Waals surface area contributed by atoms with Gasteiger partial charge in [0.05, 0.1) is 23.3 Å². The lowest BCUT2D eigenvalue weighted by Gasteiger charge is -2.16. The topological polar surface area (TPSA) is 50.8 Å². The Kier molecular flexibility index (Phi) is 7.11. The number of rotatable bonds is 6. The Morgan fingerprint density at radius 1 is 1.14 bits per heavy atom. The fraction of sp³-hybridized carbons (Fsp3) is 0.455. The molecule has 1 N–H and O–H groups in total. The van der Waals surface area contributed by atoms with Gasteiger partial charge in [0.15, 0.2) is 0 Å². The number of alkyl halides is 2. The highest BCUT2D eigenvalue weighted by Gasteiger charge is 2.26. The number of imidazole rings is 1. The molecule has 0 aliphatic carbocycles. The Morgan fingerprint density at radius 2 is 1.82 bits per heavy atom. The molecule has 0 spiro atoms. The predicted molar refractivity (Wildman–Crippen MR) is 110 cm³/mol. The molecule has 152 valence electrons. The molecule has 0 radical (unpaired) electrons. The molecule has 0 bridgehead atoms. The standard InChI is InChI=1S/C20H23F2N3O.C2H6/c1-5-13(6-2)26-14-7-8-15(12(3)9-14)19-24-16-10-18(20(4,21)22)23-11-17(16)25-19;1-2/h7-11,13H,5-6H2,1-4H3,(H,24,25);1-2H3. The second-order valence-corrected chi connectivity index (χ2v) is 6.59. The maximum atomic E-state index is 13.5. The number of nitrogens with zero attached hydrogens (tertiary/aromatic N) is 2. The van der Waals surface area contributed by atoms with Crippen molar-refractivity contribution >= 4 is 11.0 Å². The number of aryl methyl sites for hydroxylation is 1. The summed E-state index contributed by atoms with van der Waals surface area (Å²) in [6.45, 7) is 11.0. The third kappa shape index (κ3) is 4.86. The highest BCUT2D eigenvalue weighted by atomic mass is 19.3. The summed E-state index contributed by atoms with van der Waals surface area (Å²) >= 11 is 0. The summed E-state index contributed by atoms with van der Waals surface area (Å²) in [5.74, 6) is -1.53. The quantitative estimate of drug-likeness (QED) is 0.514. The Hall–Kier alpha value is -2.50. The highest BCUT2D eigenvalue weighted by Crippen LogP contribution is 2.30. The number of benzene rings is 1. The zero-order chi connectivity index (χ0) is 20.9. The van der Waals surface area contributed by atoms with Crippen molar-refractivity contribution in [1.29, 1.82) is 0 Å². The molecule has 2 heterocycles. The number of ether oxygens (including phenoxy) is 1. The molecule has 6 heteroatoms. The summed E-state index contributed by atoms with van der Waals surface area (Å²) in [5.41, 5.74) is 2.73. The van der Waals surface area contributed by atoms with E-state index in [9.17, 15) is 8.78 Å². The van der Waals surface area contributed by atoms with Crippen molar-refractivity contribution in [3.05, 3.63) is 41.7 Å². The van der Waals surface area contributed by atoms with Gasteiger partial charge in [-0.2, -0.15) is 8.78 Å². The first kappa shape index (κ1) is 21.8. The van der Waals surface area contributed by atoms with E-state index >= 15 is 0 Å². The summed E-state index contributed by atoms with van der Waals surface area (Å²) < 4.78 is 32.9. The Labute approximate surface area is 165 Å². The maximum Gasteiger partial charge on any atom is 0.287 e. The van der Waals surface area contributed by atoms with Crippen LogP contribution in [0.5, 0.6) is 5.75 Å². The summed E-state index contributed by atoms with van der Waals surface area (Å²) in [7, 11) is 0. The minimum atomic E-state index is -2.99.